The van der Waals surface area contributed by atoms with E-state index in [1.807, 2.05) is 0 Å². The number of aromatic amines is 1. The highest BCUT2D eigenvalue weighted by Gasteiger charge is 2.27. The first-order chi connectivity index (χ1) is 9.00. The number of aromatic nitrogens is 1. The van der Waals surface area contributed by atoms with Crippen LogP contribution < -0.4 is 16.2 Å². The van der Waals surface area contributed by atoms with Crippen LogP contribution in [0.1, 0.15) is 35.7 Å². The van der Waals surface area contributed by atoms with Gasteiger partial charge in [0.2, 0.25) is 5.56 Å². The molecule has 0 unspecified atom stereocenters. The van der Waals surface area contributed by atoms with Crippen molar-refractivity contribution < 1.29 is 4.79 Å². The van der Waals surface area contributed by atoms with Gasteiger partial charge in [-0.1, -0.05) is 6.92 Å². The molecule has 5 heteroatoms. The van der Waals surface area contributed by atoms with Crippen LogP contribution in [0.25, 0.3) is 0 Å². The summed E-state index contributed by atoms with van der Waals surface area (Å²) in [5.41, 5.74) is 1.23. The minimum Gasteiger partial charge on any atom is -0.351 e. The minimum absolute atomic E-state index is 0.117. The molecule has 0 saturated carbocycles. The van der Waals surface area contributed by atoms with Crippen molar-refractivity contribution in [3.05, 3.63) is 33.7 Å². The van der Waals surface area contributed by atoms with Crippen LogP contribution in [-0.4, -0.2) is 30.5 Å². The number of aryl methyl sites for hydroxylation is 1. The van der Waals surface area contributed by atoms with E-state index in [2.05, 4.69) is 22.5 Å². The van der Waals surface area contributed by atoms with Gasteiger partial charge in [-0.2, -0.15) is 0 Å². The van der Waals surface area contributed by atoms with Crippen molar-refractivity contribution in [2.45, 2.75) is 26.7 Å². The van der Waals surface area contributed by atoms with E-state index in [9.17, 15) is 9.59 Å². The number of hydrogen-bond donors (Lipinski definition) is 3. The highest BCUT2D eigenvalue weighted by Crippen LogP contribution is 2.26. The first-order valence-corrected chi connectivity index (χ1v) is 6.68. The summed E-state index contributed by atoms with van der Waals surface area (Å²) < 4.78 is 0. The van der Waals surface area contributed by atoms with E-state index in [-0.39, 0.29) is 16.9 Å². The van der Waals surface area contributed by atoms with Gasteiger partial charge in [0.25, 0.3) is 5.91 Å². The fraction of sp³-hybridized carbons (Fsp3) is 0.571. The number of nitrogens with one attached hydrogen (secondary N) is 3. The maximum Gasteiger partial charge on any atom is 0.253 e. The number of hydrogen-bond acceptors (Lipinski definition) is 3. The predicted molar refractivity (Wildman–Crippen MR) is 74.3 cm³/mol. The fourth-order valence-corrected chi connectivity index (χ4v) is 2.41. The molecule has 1 aliphatic heterocycles. The normalized spacial score (nSPS) is 18.0. The standard InChI is InChI=1S/C14H21N3O2/c1-10-7-12(18)16-8-11(10)13(19)17-9-14(2)3-5-15-6-4-14/h7-8,15H,3-6,9H2,1-2H3,(H,16,18)(H,17,19). The summed E-state index contributed by atoms with van der Waals surface area (Å²) in [6.07, 6.45) is 3.62. The van der Waals surface area contributed by atoms with Crippen LogP contribution in [-0.2, 0) is 0 Å². The van der Waals surface area contributed by atoms with Crippen molar-refractivity contribution in [3.63, 3.8) is 0 Å². The Balaban J connectivity index is 1.99. The highest BCUT2D eigenvalue weighted by molar-refractivity contribution is 5.95. The van der Waals surface area contributed by atoms with Crippen LogP contribution in [0, 0.1) is 12.3 Å². The second kappa shape index (κ2) is 5.57. The van der Waals surface area contributed by atoms with Crippen LogP contribution >= 0.6 is 0 Å². The summed E-state index contributed by atoms with van der Waals surface area (Å²) in [5.74, 6) is -0.117. The summed E-state index contributed by atoms with van der Waals surface area (Å²) in [6, 6.07) is 1.45. The molecule has 0 aliphatic carbocycles. The van der Waals surface area contributed by atoms with Crippen LogP contribution in [0.3, 0.4) is 0 Å². The van der Waals surface area contributed by atoms with Crippen molar-refractivity contribution in [3.8, 4) is 0 Å². The molecule has 0 aromatic carbocycles. The number of rotatable bonds is 3. The van der Waals surface area contributed by atoms with E-state index in [1.165, 1.54) is 12.3 Å². The molecule has 1 aromatic heterocycles. The Morgan fingerprint density at radius 3 is 2.74 bits per heavy atom. The zero-order valence-electron chi connectivity index (χ0n) is 11.5. The molecular weight excluding hydrogens is 242 g/mol. The number of carbonyl (C=O) groups is 1. The first kappa shape index (κ1) is 13.8. The van der Waals surface area contributed by atoms with Crippen molar-refractivity contribution >= 4 is 5.91 Å². The Kier molecular flexibility index (Phi) is 4.04. The molecule has 2 heterocycles. The van der Waals surface area contributed by atoms with Crippen molar-refractivity contribution in [2.75, 3.05) is 19.6 Å². The van der Waals surface area contributed by atoms with Crippen molar-refractivity contribution in [2.24, 2.45) is 5.41 Å². The van der Waals surface area contributed by atoms with E-state index in [0.29, 0.717) is 17.7 Å². The van der Waals surface area contributed by atoms with Crippen molar-refractivity contribution in [1.29, 1.82) is 0 Å². The van der Waals surface area contributed by atoms with Crippen LogP contribution in [0.4, 0.5) is 0 Å². The van der Waals surface area contributed by atoms with E-state index in [0.717, 1.165) is 25.9 Å². The second-order valence-electron chi connectivity index (χ2n) is 5.64. The quantitative estimate of drug-likeness (QED) is 0.755. The number of amides is 1. The molecular formula is C14H21N3O2. The highest BCUT2D eigenvalue weighted by atomic mass is 16.1. The third kappa shape index (κ3) is 3.44. The summed E-state index contributed by atoms with van der Waals surface area (Å²) in [6.45, 7) is 6.66. The van der Waals surface area contributed by atoms with Crippen molar-refractivity contribution in [1.82, 2.24) is 15.6 Å². The maximum absolute atomic E-state index is 12.1. The molecule has 0 radical (unpaired) electrons. The summed E-state index contributed by atoms with van der Waals surface area (Å²) in [5, 5.41) is 6.30. The fourth-order valence-electron chi connectivity index (χ4n) is 2.41. The Hall–Kier alpha value is -1.62. The third-order valence-corrected chi connectivity index (χ3v) is 3.86. The average molecular weight is 263 g/mol. The molecule has 1 amide bonds. The Labute approximate surface area is 112 Å². The first-order valence-electron chi connectivity index (χ1n) is 6.68. The predicted octanol–water partition coefficient (Wildman–Crippen LogP) is 0.803. The average Bonchev–Trinajstić information content (AvgIpc) is 2.37. The molecule has 0 spiro atoms. The number of H-pyrrole nitrogens is 1. The molecule has 1 fully saturated rings. The van der Waals surface area contributed by atoms with Crippen LogP contribution in [0.2, 0.25) is 0 Å². The Morgan fingerprint density at radius 2 is 2.11 bits per heavy atom. The summed E-state index contributed by atoms with van der Waals surface area (Å²) in [7, 11) is 0. The van der Waals surface area contributed by atoms with Gasteiger partial charge in [0.05, 0.1) is 5.56 Å². The van der Waals surface area contributed by atoms with Gasteiger partial charge in [-0.3, -0.25) is 9.59 Å². The lowest BCUT2D eigenvalue weighted by Gasteiger charge is -2.34. The molecule has 0 atom stereocenters. The largest absolute Gasteiger partial charge is 0.351 e. The summed E-state index contributed by atoms with van der Waals surface area (Å²) in [4.78, 5) is 25.8. The molecule has 1 saturated heterocycles. The molecule has 1 aromatic rings. The van der Waals surface area contributed by atoms with Gasteiger partial charge in [-0.05, 0) is 43.8 Å². The molecule has 104 valence electrons. The van der Waals surface area contributed by atoms with E-state index < -0.39 is 0 Å². The number of carbonyl (C=O) groups excluding carboxylic acids is 1. The van der Waals surface area contributed by atoms with Gasteiger partial charge in [0.15, 0.2) is 0 Å². The molecule has 3 N–H and O–H groups in total. The van der Waals surface area contributed by atoms with Gasteiger partial charge < -0.3 is 15.6 Å². The zero-order valence-corrected chi connectivity index (χ0v) is 11.5. The van der Waals surface area contributed by atoms with Gasteiger partial charge >= 0.3 is 0 Å². The van der Waals surface area contributed by atoms with E-state index >= 15 is 0 Å². The topological polar surface area (TPSA) is 74.0 Å². The number of piperidine rings is 1. The van der Waals surface area contributed by atoms with Crippen LogP contribution in [0.15, 0.2) is 17.1 Å². The second-order valence-corrected chi connectivity index (χ2v) is 5.64. The molecule has 19 heavy (non-hydrogen) atoms. The molecule has 0 bridgehead atoms. The Bertz CT molecular complexity index is 516. The molecule has 5 nitrogen and oxygen atoms in total. The maximum atomic E-state index is 12.1. The lowest BCUT2D eigenvalue weighted by atomic mass is 9.81. The smallest absolute Gasteiger partial charge is 0.253 e. The minimum atomic E-state index is -0.181. The van der Waals surface area contributed by atoms with Gasteiger partial charge in [0, 0.05) is 18.8 Å². The summed E-state index contributed by atoms with van der Waals surface area (Å²) >= 11 is 0. The van der Waals surface area contributed by atoms with E-state index in [1.54, 1.807) is 6.92 Å². The van der Waals surface area contributed by atoms with Gasteiger partial charge in [-0.15, -0.1) is 0 Å². The molecule has 2 rings (SSSR count). The Morgan fingerprint density at radius 1 is 1.42 bits per heavy atom. The number of pyridine rings is 1. The lowest BCUT2D eigenvalue weighted by Crippen LogP contribution is -2.43. The molecule has 1 aliphatic rings. The SMILES string of the molecule is Cc1cc(=O)[nH]cc1C(=O)NCC1(C)CCNCC1. The monoisotopic (exact) mass is 263 g/mol. The van der Waals surface area contributed by atoms with Gasteiger partial charge in [0.1, 0.15) is 0 Å². The van der Waals surface area contributed by atoms with Crippen LogP contribution in [0.5, 0.6) is 0 Å². The third-order valence-electron chi connectivity index (χ3n) is 3.86. The van der Waals surface area contributed by atoms with Gasteiger partial charge in [-0.25, -0.2) is 0 Å². The lowest BCUT2D eigenvalue weighted by molar-refractivity contribution is 0.0921. The zero-order chi connectivity index (χ0) is 13.9. The van der Waals surface area contributed by atoms with E-state index in [4.69, 9.17) is 0 Å².